The maximum Gasteiger partial charge on any atom is 0.220 e. The molecule has 25 heavy (non-hydrogen) atoms. The van der Waals surface area contributed by atoms with Crippen molar-refractivity contribution >= 4 is 24.4 Å². The molecule has 2 aromatic rings. The number of hydrogen-bond donors (Lipinski definition) is 1. The fraction of sp³-hybridized carbons (Fsp3) is 0.227. The van der Waals surface area contributed by atoms with Crippen molar-refractivity contribution < 1.29 is 4.79 Å². The highest BCUT2D eigenvalue weighted by molar-refractivity contribution is 7.76. The Hall–Kier alpha value is -2.18. The Kier molecular flexibility index (Phi) is 5.50. The van der Waals surface area contributed by atoms with Gasteiger partial charge >= 0.3 is 0 Å². The van der Waals surface area contributed by atoms with Crippen LogP contribution in [0.2, 0.25) is 0 Å². The Morgan fingerprint density at radius 1 is 0.960 bits per heavy atom. The molecule has 0 aromatic heterocycles. The van der Waals surface area contributed by atoms with Gasteiger partial charge in [-0.15, -0.1) is 0 Å². The first-order chi connectivity index (χ1) is 12.1. The van der Waals surface area contributed by atoms with Crippen molar-refractivity contribution in [1.29, 1.82) is 0 Å². The van der Waals surface area contributed by atoms with Crippen molar-refractivity contribution in [3.8, 4) is 0 Å². The molecular weight excluding hydrogens is 325 g/mol. The van der Waals surface area contributed by atoms with Crippen LogP contribution < -0.4 is 16.3 Å². The number of benzene rings is 2. The van der Waals surface area contributed by atoms with Gasteiger partial charge in [-0.25, -0.2) is 0 Å². The average molecular weight is 349 g/mol. The van der Waals surface area contributed by atoms with E-state index in [-0.39, 0.29) is 23.7 Å². The van der Waals surface area contributed by atoms with Crippen molar-refractivity contribution in [3.63, 3.8) is 0 Å². The number of nitrogens with two attached hydrogens (primary N) is 1. The Morgan fingerprint density at radius 3 is 1.96 bits per heavy atom. The predicted molar refractivity (Wildman–Crippen MR) is 107 cm³/mol. The second-order valence-corrected chi connectivity index (χ2v) is 8.78. The molecule has 0 aliphatic heterocycles. The molecule has 2 aromatic carbocycles. The molecule has 1 amide bonds. The molecule has 3 atom stereocenters. The topological polar surface area (TPSA) is 43.1 Å². The third-order valence-corrected chi connectivity index (χ3v) is 7.61. The number of rotatable bonds is 6. The molecule has 128 valence electrons. The summed E-state index contributed by atoms with van der Waals surface area (Å²) in [6, 6.07) is 21.3. The largest absolute Gasteiger partial charge is 0.369 e. The highest BCUT2D eigenvalue weighted by atomic mass is 31.1. The molecule has 0 spiro atoms. The summed E-state index contributed by atoms with van der Waals surface area (Å²) in [6.07, 6.45) is 6.59. The van der Waals surface area contributed by atoms with Crippen LogP contribution in [0.15, 0.2) is 84.2 Å². The predicted octanol–water partition coefficient (Wildman–Crippen LogP) is 3.95. The lowest BCUT2D eigenvalue weighted by atomic mass is 9.84. The van der Waals surface area contributed by atoms with E-state index in [9.17, 15) is 4.79 Å². The van der Waals surface area contributed by atoms with Crippen LogP contribution in [0.3, 0.4) is 0 Å². The van der Waals surface area contributed by atoms with Gasteiger partial charge in [-0.05, 0) is 29.8 Å². The van der Waals surface area contributed by atoms with Crippen LogP contribution >= 0.6 is 7.92 Å². The van der Waals surface area contributed by atoms with Crippen LogP contribution in [-0.4, -0.2) is 5.91 Å². The van der Waals surface area contributed by atoms with Gasteiger partial charge in [0.1, 0.15) is 0 Å². The van der Waals surface area contributed by atoms with Gasteiger partial charge in [0.05, 0.1) is 0 Å². The molecule has 2 N–H and O–H groups in total. The van der Waals surface area contributed by atoms with Gasteiger partial charge in [0.25, 0.3) is 0 Å². The number of primary amides is 1. The van der Waals surface area contributed by atoms with Gasteiger partial charge in [0, 0.05) is 11.8 Å². The number of allylic oxidation sites excluding steroid dienone is 4. The highest BCUT2D eigenvalue weighted by Gasteiger charge is 2.33. The Bertz CT molecular complexity index is 743. The Balaban J connectivity index is 2.01. The summed E-state index contributed by atoms with van der Waals surface area (Å²) in [5.41, 5.74) is 5.57. The quantitative estimate of drug-likeness (QED) is 0.789. The van der Waals surface area contributed by atoms with Crippen molar-refractivity contribution in [2.24, 2.45) is 23.5 Å². The third-order valence-electron chi connectivity index (χ3n) is 5.02. The van der Waals surface area contributed by atoms with E-state index in [2.05, 4.69) is 85.8 Å². The minimum absolute atomic E-state index is 0.153. The van der Waals surface area contributed by atoms with E-state index in [0.717, 1.165) is 0 Å². The van der Waals surface area contributed by atoms with E-state index < -0.39 is 7.92 Å². The van der Waals surface area contributed by atoms with E-state index in [1.807, 2.05) is 6.92 Å². The first kappa shape index (κ1) is 17.6. The van der Waals surface area contributed by atoms with E-state index >= 15 is 0 Å². The van der Waals surface area contributed by atoms with Gasteiger partial charge in [-0.3, -0.25) is 4.79 Å². The maximum absolute atomic E-state index is 11.7. The van der Waals surface area contributed by atoms with Crippen LogP contribution in [0.4, 0.5) is 0 Å². The summed E-state index contributed by atoms with van der Waals surface area (Å²) >= 11 is 0. The number of carbonyl (C=O) groups is 1. The zero-order valence-electron chi connectivity index (χ0n) is 14.7. The molecule has 0 saturated carbocycles. The smallest absolute Gasteiger partial charge is 0.220 e. The zero-order chi connectivity index (χ0) is 17.8. The van der Waals surface area contributed by atoms with E-state index in [1.165, 1.54) is 15.9 Å². The fourth-order valence-electron chi connectivity index (χ4n) is 3.32. The molecule has 0 fully saturated rings. The molecule has 3 unspecified atom stereocenters. The number of hydrogen-bond acceptors (Lipinski definition) is 1. The maximum atomic E-state index is 11.7. The van der Waals surface area contributed by atoms with E-state index in [0.29, 0.717) is 0 Å². The summed E-state index contributed by atoms with van der Waals surface area (Å²) in [5, 5.41) is 4.07. The second kappa shape index (κ2) is 7.80. The van der Waals surface area contributed by atoms with Crippen LogP contribution in [0.1, 0.15) is 13.8 Å². The van der Waals surface area contributed by atoms with Gasteiger partial charge in [0.15, 0.2) is 0 Å². The fourth-order valence-corrected chi connectivity index (χ4v) is 6.01. The van der Waals surface area contributed by atoms with Crippen molar-refractivity contribution in [2.45, 2.75) is 13.8 Å². The monoisotopic (exact) mass is 349 g/mol. The average Bonchev–Trinajstić information content (AvgIpc) is 3.11. The lowest BCUT2D eigenvalue weighted by Crippen LogP contribution is -2.30. The van der Waals surface area contributed by atoms with Crippen LogP contribution in [0, 0.1) is 17.8 Å². The minimum atomic E-state index is -0.621. The summed E-state index contributed by atoms with van der Waals surface area (Å²) in [4.78, 5) is 11.7. The number of carbonyl (C=O) groups excluding carboxylic acids is 1. The lowest BCUT2D eigenvalue weighted by molar-refractivity contribution is -0.122. The summed E-state index contributed by atoms with van der Waals surface area (Å²) in [7, 11) is -0.621. The standard InChI is InChI=1S/C22H24NOP/c1-16(17(2)22(23)24)20-14-9-15-21(20)25(18-10-5-3-6-11-18)19-12-7-4-8-13-19/h3-17,20H,1-2H3,(H2,23,24). The summed E-state index contributed by atoms with van der Waals surface area (Å²) < 4.78 is 0. The lowest BCUT2D eigenvalue weighted by Gasteiger charge is -2.30. The second-order valence-electron chi connectivity index (χ2n) is 6.56. The molecule has 0 heterocycles. The first-order valence-electron chi connectivity index (χ1n) is 8.67. The van der Waals surface area contributed by atoms with Crippen LogP contribution in [-0.2, 0) is 4.79 Å². The first-order valence-corrected chi connectivity index (χ1v) is 10.0. The summed E-state index contributed by atoms with van der Waals surface area (Å²) in [6.45, 7) is 4.07. The van der Waals surface area contributed by atoms with Gasteiger partial charge in [-0.1, -0.05) is 92.7 Å². The molecular formula is C22H24NOP. The van der Waals surface area contributed by atoms with Crippen molar-refractivity contribution in [1.82, 2.24) is 0 Å². The molecule has 3 heteroatoms. The summed E-state index contributed by atoms with van der Waals surface area (Å²) in [5.74, 6) is 0.0457. The molecule has 2 nitrogen and oxygen atoms in total. The van der Waals surface area contributed by atoms with Gasteiger partial charge in [-0.2, -0.15) is 0 Å². The Morgan fingerprint density at radius 2 is 1.48 bits per heavy atom. The number of amides is 1. The zero-order valence-corrected chi connectivity index (χ0v) is 15.6. The van der Waals surface area contributed by atoms with E-state index in [4.69, 9.17) is 5.73 Å². The SMILES string of the molecule is CC(C(N)=O)C(C)C1C=CC=C1P(c1ccccc1)c1ccccc1. The third kappa shape index (κ3) is 3.75. The van der Waals surface area contributed by atoms with Crippen molar-refractivity contribution in [3.05, 3.63) is 84.2 Å². The van der Waals surface area contributed by atoms with Crippen LogP contribution in [0.25, 0.3) is 0 Å². The normalized spacial score (nSPS) is 18.8. The minimum Gasteiger partial charge on any atom is -0.369 e. The molecule has 0 radical (unpaired) electrons. The van der Waals surface area contributed by atoms with Gasteiger partial charge in [0.2, 0.25) is 5.91 Å². The molecule has 0 saturated heterocycles. The molecule has 3 rings (SSSR count). The highest BCUT2D eigenvalue weighted by Crippen LogP contribution is 2.51. The molecule has 0 bridgehead atoms. The molecule has 1 aliphatic rings. The van der Waals surface area contributed by atoms with E-state index in [1.54, 1.807) is 0 Å². The Labute approximate surface area is 151 Å². The van der Waals surface area contributed by atoms with Gasteiger partial charge < -0.3 is 5.73 Å². The van der Waals surface area contributed by atoms with Crippen LogP contribution in [0.5, 0.6) is 0 Å². The molecule has 1 aliphatic carbocycles. The van der Waals surface area contributed by atoms with Crippen molar-refractivity contribution in [2.75, 3.05) is 0 Å².